The minimum atomic E-state index is -4.13. The molecule has 0 saturated heterocycles. The van der Waals surface area contributed by atoms with Crippen LogP contribution in [-0.4, -0.2) is 34.5 Å². The van der Waals surface area contributed by atoms with Crippen molar-refractivity contribution in [3.05, 3.63) is 89.5 Å². The van der Waals surface area contributed by atoms with Crippen LogP contribution in [0.25, 0.3) is 5.69 Å². The summed E-state index contributed by atoms with van der Waals surface area (Å²) >= 11 is 5.67. The number of hydrogen-bond donors (Lipinski definition) is 2. The van der Waals surface area contributed by atoms with Crippen molar-refractivity contribution in [1.82, 2.24) is 20.2 Å². The number of benzene rings is 3. The minimum Gasteiger partial charge on any atom is -0.326 e. The zero-order valence-corrected chi connectivity index (χ0v) is 18.4. The molecule has 12 heteroatoms. The monoisotopic (exact) mass is 486 g/mol. The molecular weight excluding hydrogens is 471 g/mol. The van der Waals surface area contributed by atoms with Crippen LogP contribution in [0.3, 0.4) is 0 Å². The van der Waals surface area contributed by atoms with Crippen molar-refractivity contribution in [1.29, 1.82) is 0 Å². The molecule has 0 aliphatic heterocycles. The first-order chi connectivity index (χ1) is 15.8. The van der Waals surface area contributed by atoms with Crippen molar-refractivity contribution in [2.75, 3.05) is 10.0 Å². The van der Waals surface area contributed by atoms with Gasteiger partial charge in [0, 0.05) is 16.4 Å². The number of halogens is 2. The van der Waals surface area contributed by atoms with E-state index in [1.54, 1.807) is 36.4 Å². The number of carbonyl (C=O) groups is 1. The summed E-state index contributed by atoms with van der Waals surface area (Å²) in [6, 6.07) is 16.5. The smallest absolute Gasteiger partial charge is 0.264 e. The number of aromatic nitrogens is 4. The molecule has 0 aliphatic rings. The Kier molecular flexibility index (Phi) is 6.33. The van der Waals surface area contributed by atoms with E-state index in [1.165, 1.54) is 29.2 Å². The topological polar surface area (TPSA) is 119 Å². The molecule has 2 N–H and O–H groups in total. The summed E-state index contributed by atoms with van der Waals surface area (Å²) in [4.78, 5) is 11.8. The highest BCUT2D eigenvalue weighted by atomic mass is 35.5. The Morgan fingerprint density at radius 1 is 1.00 bits per heavy atom. The summed E-state index contributed by atoms with van der Waals surface area (Å²) in [5.74, 6) is -1.20. The molecule has 4 aromatic rings. The van der Waals surface area contributed by atoms with Crippen LogP contribution < -0.4 is 10.0 Å². The number of sulfonamides is 1. The van der Waals surface area contributed by atoms with Crippen molar-refractivity contribution in [3.8, 4) is 5.69 Å². The van der Waals surface area contributed by atoms with Crippen molar-refractivity contribution in [3.63, 3.8) is 0 Å². The van der Waals surface area contributed by atoms with Crippen LogP contribution in [0.1, 0.15) is 5.56 Å². The maximum Gasteiger partial charge on any atom is 0.264 e. The molecule has 0 saturated carbocycles. The Hall–Kier alpha value is -3.83. The lowest BCUT2D eigenvalue weighted by Gasteiger charge is -2.10. The summed E-state index contributed by atoms with van der Waals surface area (Å²) in [7, 11) is -4.13. The first-order valence-electron chi connectivity index (χ1n) is 9.50. The molecule has 1 aromatic heterocycles. The second-order valence-electron chi connectivity index (χ2n) is 6.90. The van der Waals surface area contributed by atoms with Crippen LogP contribution in [0.15, 0.2) is 78.0 Å². The summed E-state index contributed by atoms with van der Waals surface area (Å²) in [6.45, 7) is 0. The first kappa shape index (κ1) is 22.4. The quantitative estimate of drug-likeness (QED) is 0.413. The highest BCUT2D eigenvalue weighted by Crippen LogP contribution is 2.22. The van der Waals surface area contributed by atoms with Gasteiger partial charge in [0.25, 0.3) is 10.0 Å². The van der Waals surface area contributed by atoms with Gasteiger partial charge in [-0.15, -0.1) is 5.10 Å². The molecule has 0 fully saturated rings. The maximum atomic E-state index is 14.0. The van der Waals surface area contributed by atoms with Crippen LogP contribution in [0, 0.1) is 5.82 Å². The Balaban J connectivity index is 1.36. The van der Waals surface area contributed by atoms with Crippen molar-refractivity contribution < 1.29 is 17.6 Å². The zero-order valence-electron chi connectivity index (χ0n) is 16.8. The number of nitrogens with zero attached hydrogens (tertiary/aromatic N) is 4. The van der Waals surface area contributed by atoms with Gasteiger partial charge in [-0.2, -0.15) is 0 Å². The number of rotatable bonds is 7. The number of carbonyl (C=O) groups excluding carboxylic acids is 1. The molecule has 33 heavy (non-hydrogen) atoms. The van der Waals surface area contributed by atoms with Crippen molar-refractivity contribution in [2.45, 2.75) is 11.3 Å². The van der Waals surface area contributed by atoms with E-state index >= 15 is 0 Å². The number of amides is 1. The predicted molar refractivity (Wildman–Crippen MR) is 120 cm³/mol. The number of tetrazole rings is 1. The van der Waals surface area contributed by atoms with E-state index < -0.39 is 20.7 Å². The van der Waals surface area contributed by atoms with E-state index in [9.17, 15) is 17.6 Å². The average molecular weight is 487 g/mol. The summed E-state index contributed by atoms with van der Waals surface area (Å²) in [5.41, 5.74) is 2.24. The third-order valence-corrected chi connectivity index (χ3v) is 6.17. The predicted octanol–water partition coefficient (Wildman–Crippen LogP) is 3.44. The van der Waals surface area contributed by atoms with Crippen LogP contribution in [0.2, 0.25) is 5.02 Å². The number of anilines is 2. The molecule has 0 atom stereocenters. The fourth-order valence-corrected chi connectivity index (χ4v) is 4.24. The van der Waals surface area contributed by atoms with E-state index in [2.05, 4.69) is 25.6 Å². The van der Waals surface area contributed by atoms with Gasteiger partial charge >= 0.3 is 0 Å². The van der Waals surface area contributed by atoms with E-state index in [1.807, 2.05) is 0 Å². The highest BCUT2D eigenvalue weighted by molar-refractivity contribution is 7.92. The molecule has 4 rings (SSSR count). The van der Waals surface area contributed by atoms with Crippen LogP contribution in [0.5, 0.6) is 0 Å². The Labute approximate surface area is 193 Å². The SMILES string of the molecule is O=C(Cc1ccc(NS(=O)(=O)c2ccc(Cl)cc2F)cc1)Nc1ccc(-n2cnnn2)cc1. The average Bonchev–Trinajstić information content (AvgIpc) is 3.30. The summed E-state index contributed by atoms with van der Waals surface area (Å²) in [6.07, 6.45) is 1.54. The van der Waals surface area contributed by atoms with Gasteiger partial charge in [0.1, 0.15) is 17.0 Å². The van der Waals surface area contributed by atoms with Crippen LogP contribution in [0.4, 0.5) is 15.8 Å². The second kappa shape index (κ2) is 9.35. The normalized spacial score (nSPS) is 11.2. The Morgan fingerprint density at radius 3 is 2.33 bits per heavy atom. The van der Waals surface area contributed by atoms with Gasteiger partial charge in [-0.1, -0.05) is 23.7 Å². The van der Waals surface area contributed by atoms with Crippen LogP contribution in [-0.2, 0) is 21.2 Å². The van der Waals surface area contributed by atoms with Gasteiger partial charge in [-0.05, 0) is 70.6 Å². The minimum absolute atomic E-state index is 0.0770. The molecule has 3 aromatic carbocycles. The lowest BCUT2D eigenvalue weighted by molar-refractivity contribution is -0.115. The van der Waals surface area contributed by atoms with Gasteiger partial charge in [0.05, 0.1) is 12.1 Å². The lowest BCUT2D eigenvalue weighted by Crippen LogP contribution is -2.15. The van der Waals surface area contributed by atoms with Crippen LogP contribution >= 0.6 is 11.6 Å². The van der Waals surface area contributed by atoms with Gasteiger partial charge in [-0.25, -0.2) is 17.5 Å². The maximum absolute atomic E-state index is 14.0. The Morgan fingerprint density at radius 2 is 1.70 bits per heavy atom. The van der Waals surface area contributed by atoms with Crippen molar-refractivity contribution in [2.24, 2.45) is 0 Å². The molecule has 9 nitrogen and oxygen atoms in total. The first-order valence-corrected chi connectivity index (χ1v) is 11.4. The fraction of sp³-hybridized carbons (Fsp3) is 0.0476. The highest BCUT2D eigenvalue weighted by Gasteiger charge is 2.19. The molecule has 0 aliphatic carbocycles. The molecule has 0 radical (unpaired) electrons. The molecule has 1 amide bonds. The Bertz CT molecular complexity index is 1380. The van der Waals surface area contributed by atoms with Gasteiger partial charge < -0.3 is 5.32 Å². The molecule has 0 spiro atoms. The van der Waals surface area contributed by atoms with Gasteiger partial charge in [-0.3, -0.25) is 9.52 Å². The molecular formula is C21H16ClFN6O3S. The molecule has 0 unspecified atom stereocenters. The third-order valence-electron chi connectivity index (χ3n) is 4.52. The van der Waals surface area contributed by atoms with Gasteiger partial charge in [0.15, 0.2) is 0 Å². The zero-order chi connectivity index (χ0) is 23.4. The standard InChI is InChI=1S/C21H16ClFN6O3S/c22-15-3-10-20(19(23)12-15)33(31,32)26-17-4-1-14(2-5-17)11-21(30)25-16-6-8-18(9-7-16)29-13-24-27-28-29/h1-10,12-13,26H,11H2,(H,25,30). The number of nitrogens with one attached hydrogen (secondary N) is 2. The van der Waals surface area contributed by atoms with E-state index in [0.29, 0.717) is 11.3 Å². The van der Waals surface area contributed by atoms with E-state index in [4.69, 9.17) is 11.6 Å². The van der Waals surface area contributed by atoms with Gasteiger partial charge in [0.2, 0.25) is 5.91 Å². The van der Waals surface area contributed by atoms with E-state index in [0.717, 1.165) is 17.8 Å². The fourth-order valence-electron chi connectivity index (χ4n) is 2.96. The summed E-state index contributed by atoms with van der Waals surface area (Å²) in [5, 5.41) is 13.8. The van der Waals surface area contributed by atoms with E-state index in [-0.39, 0.29) is 23.0 Å². The summed E-state index contributed by atoms with van der Waals surface area (Å²) < 4.78 is 42.6. The second-order valence-corrected chi connectivity index (χ2v) is 8.99. The largest absolute Gasteiger partial charge is 0.326 e. The molecule has 0 bridgehead atoms. The van der Waals surface area contributed by atoms with Crippen molar-refractivity contribution >= 4 is 38.9 Å². The lowest BCUT2D eigenvalue weighted by atomic mass is 10.1. The number of hydrogen-bond acceptors (Lipinski definition) is 6. The third kappa shape index (κ3) is 5.51. The molecule has 1 heterocycles. The molecule has 168 valence electrons.